The number of carbonyl (C=O) groups excluding carboxylic acids is 1. The molecule has 0 aliphatic heterocycles. The molecule has 3 heteroatoms. The zero-order valence-electron chi connectivity index (χ0n) is 13.2. The maximum atomic E-state index is 12.2. The van der Waals surface area contributed by atoms with E-state index in [1.807, 2.05) is 37.3 Å². The Kier molecular flexibility index (Phi) is 4.67. The van der Waals surface area contributed by atoms with Crippen LogP contribution in [0.5, 0.6) is 0 Å². The quantitative estimate of drug-likeness (QED) is 0.773. The minimum atomic E-state index is -0.0116. The summed E-state index contributed by atoms with van der Waals surface area (Å²) in [7, 11) is 0. The first-order valence-corrected chi connectivity index (χ1v) is 7.90. The summed E-state index contributed by atoms with van der Waals surface area (Å²) in [6, 6.07) is 18.3. The van der Waals surface area contributed by atoms with E-state index >= 15 is 0 Å². The Balaban J connectivity index is 1.66. The Bertz CT molecular complexity index is 794. The number of aromatic nitrogens is 1. The molecule has 0 saturated carbocycles. The number of amides is 1. The highest BCUT2D eigenvalue weighted by Gasteiger charge is 2.12. The van der Waals surface area contributed by atoms with Crippen LogP contribution in [0, 0.1) is 0 Å². The molecule has 1 N–H and O–H groups in total. The number of aryl methyl sites for hydroxylation is 1. The molecule has 3 aromatic rings. The fourth-order valence-corrected chi connectivity index (χ4v) is 2.82. The largest absolute Gasteiger partial charge is 0.350 e. The zero-order valence-corrected chi connectivity index (χ0v) is 13.2. The third-order valence-corrected chi connectivity index (χ3v) is 4.03. The van der Waals surface area contributed by atoms with Crippen LogP contribution in [0.1, 0.15) is 30.5 Å². The average molecular weight is 304 g/mol. The molecule has 1 heterocycles. The van der Waals surface area contributed by atoms with Crippen LogP contribution >= 0.6 is 0 Å². The van der Waals surface area contributed by atoms with Crippen molar-refractivity contribution in [1.29, 1.82) is 0 Å². The summed E-state index contributed by atoms with van der Waals surface area (Å²) in [4.78, 5) is 16.3. The molecule has 23 heavy (non-hydrogen) atoms. The van der Waals surface area contributed by atoms with Crippen molar-refractivity contribution in [2.45, 2.75) is 25.8 Å². The van der Waals surface area contributed by atoms with Crippen molar-refractivity contribution in [2.24, 2.45) is 0 Å². The van der Waals surface area contributed by atoms with Gasteiger partial charge in [0.1, 0.15) is 0 Å². The lowest BCUT2D eigenvalue weighted by Crippen LogP contribution is -2.26. The van der Waals surface area contributed by atoms with Crippen molar-refractivity contribution in [3.8, 4) is 0 Å². The van der Waals surface area contributed by atoms with Crippen molar-refractivity contribution < 1.29 is 4.79 Å². The van der Waals surface area contributed by atoms with Crippen molar-refractivity contribution in [3.63, 3.8) is 0 Å². The molecule has 1 aromatic heterocycles. The molecule has 1 atom stereocenters. The molecule has 116 valence electrons. The second-order valence-corrected chi connectivity index (χ2v) is 5.72. The standard InChI is InChI=1S/C20H20N2O/c1-15(18-10-4-8-17-7-2-3-9-19(17)18)22-20(23)12-11-16-6-5-13-21-14-16/h2-10,13-15H,11-12H2,1H3,(H,22,23)/t15-/m1/s1. The molecule has 0 spiro atoms. The Hall–Kier alpha value is -2.68. The molecule has 0 aliphatic rings. The van der Waals surface area contributed by atoms with E-state index in [1.54, 1.807) is 12.4 Å². The van der Waals surface area contributed by atoms with Gasteiger partial charge in [-0.05, 0) is 41.3 Å². The predicted octanol–water partition coefficient (Wildman–Crippen LogP) is 4.04. The Morgan fingerprint density at radius 3 is 2.74 bits per heavy atom. The van der Waals surface area contributed by atoms with Crippen LogP contribution in [-0.2, 0) is 11.2 Å². The Morgan fingerprint density at radius 2 is 1.91 bits per heavy atom. The molecule has 3 rings (SSSR count). The summed E-state index contributed by atoms with van der Waals surface area (Å²) in [5.41, 5.74) is 2.23. The number of benzene rings is 2. The van der Waals surface area contributed by atoms with Gasteiger partial charge in [0.15, 0.2) is 0 Å². The molecular weight excluding hydrogens is 284 g/mol. The van der Waals surface area contributed by atoms with Gasteiger partial charge >= 0.3 is 0 Å². The summed E-state index contributed by atoms with van der Waals surface area (Å²) < 4.78 is 0. The molecular formula is C20H20N2O. The van der Waals surface area contributed by atoms with E-state index in [4.69, 9.17) is 0 Å². The Morgan fingerprint density at radius 1 is 1.09 bits per heavy atom. The van der Waals surface area contributed by atoms with Crippen molar-refractivity contribution >= 4 is 16.7 Å². The first-order chi connectivity index (χ1) is 11.2. The summed E-state index contributed by atoms with van der Waals surface area (Å²) >= 11 is 0. The van der Waals surface area contributed by atoms with E-state index in [9.17, 15) is 4.79 Å². The topological polar surface area (TPSA) is 42.0 Å². The number of rotatable bonds is 5. The highest BCUT2D eigenvalue weighted by molar-refractivity contribution is 5.86. The molecule has 3 nitrogen and oxygen atoms in total. The molecule has 0 unspecified atom stereocenters. The number of pyridine rings is 1. The first-order valence-electron chi connectivity index (χ1n) is 7.90. The van der Waals surface area contributed by atoms with Crippen LogP contribution in [0.4, 0.5) is 0 Å². The van der Waals surface area contributed by atoms with Crippen LogP contribution in [0.2, 0.25) is 0 Å². The van der Waals surface area contributed by atoms with Crippen molar-refractivity contribution in [2.75, 3.05) is 0 Å². The van der Waals surface area contributed by atoms with Gasteiger partial charge in [-0.1, -0.05) is 48.5 Å². The molecule has 0 fully saturated rings. The average Bonchev–Trinajstić information content (AvgIpc) is 2.60. The Labute approximate surface area is 136 Å². The molecule has 0 aliphatic carbocycles. The fraction of sp³-hybridized carbons (Fsp3) is 0.200. The summed E-state index contributed by atoms with van der Waals surface area (Å²) in [6.07, 6.45) is 4.73. The third kappa shape index (κ3) is 3.75. The monoisotopic (exact) mass is 304 g/mol. The van der Waals surface area contributed by atoms with Crippen LogP contribution in [0.25, 0.3) is 10.8 Å². The number of hydrogen-bond acceptors (Lipinski definition) is 2. The molecule has 0 radical (unpaired) electrons. The fourth-order valence-electron chi connectivity index (χ4n) is 2.82. The van der Waals surface area contributed by atoms with Gasteiger partial charge in [0.25, 0.3) is 0 Å². The predicted molar refractivity (Wildman–Crippen MR) is 93.1 cm³/mol. The van der Waals surface area contributed by atoms with Crippen LogP contribution in [-0.4, -0.2) is 10.9 Å². The van der Waals surface area contributed by atoms with Crippen molar-refractivity contribution in [3.05, 3.63) is 78.1 Å². The van der Waals surface area contributed by atoms with Gasteiger partial charge in [-0.25, -0.2) is 0 Å². The maximum Gasteiger partial charge on any atom is 0.220 e. The van der Waals surface area contributed by atoms with Gasteiger partial charge < -0.3 is 5.32 Å². The third-order valence-electron chi connectivity index (χ3n) is 4.03. The summed E-state index contributed by atoms with van der Waals surface area (Å²) in [5.74, 6) is 0.0642. The molecule has 2 aromatic carbocycles. The summed E-state index contributed by atoms with van der Waals surface area (Å²) in [6.45, 7) is 2.03. The number of carbonyl (C=O) groups is 1. The lowest BCUT2D eigenvalue weighted by molar-refractivity contribution is -0.121. The highest BCUT2D eigenvalue weighted by Crippen LogP contribution is 2.24. The van der Waals surface area contributed by atoms with E-state index in [0.29, 0.717) is 12.8 Å². The number of nitrogens with one attached hydrogen (secondary N) is 1. The van der Waals surface area contributed by atoms with Gasteiger partial charge in [0, 0.05) is 18.8 Å². The lowest BCUT2D eigenvalue weighted by Gasteiger charge is -2.16. The zero-order chi connectivity index (χ0) is 16.1. The number of fused-ring (bicyclic) bond motifs is 1. The second kappa shape index (κ2) is 7.05. The van der Waals surface area contributed by atoms with Gasteiger partial charge in [-0.3, -0.25) is 9.78 Å². The van der Waals surface area contributed by atoms with E-state index in [2.05, 4.69) is 34.6 Å². The van der Waals surface area contributed by atoms with Gasteiger partial charge in [-0.15, -0.1) is 0 Å². The van der Waals surface area contributed by atoms with E-state index in [-0.39, 0.29) is 11.9 Å². The number of hydrogen-bond donors (Lipinski definition) is 1. The van der Waals surface area contributed by atoms with E-state index in [1.165, 1.54) is 10.8 Å². The van der Waals surface area contributed by atoms with Gasteiger partial charge in [0.2, 0.25) is 5.91 Å². The van der Waals surface area contributed by atoms with Crippen LogP contribution in [0.15, 0.2) is 67.0 Å². The maximum absolute atomic E-state index is 12.2. The SMILES string of the molecule is C[C@@H](NC(=O)CCc1cccnc1)c1cccc2ccccc12. The molecule has 0 bridgehead atoms. The molecule has 0 saturated heterocycles. The normalized spacial score (nSPS) is 12.0. The summed E-state index contributed by atoms with van der Waals surface area (Å²) in [5, 5.41) is 5.48. The van der Waals surface area contributed by atoms with E-state index < -0.39 is 0 Å². The lowest BCUT2D eigenvalue weighted by atomic mass is 9.99. The van der Waals surface area contributed by atoms with Crippen LogP contribution in [0.3, 0.4) is 0 Å². The first kappa shape index (κ1) is 15.2. The smallest absolute Gasteiger partial charge is 0.220 e. The second-order valence-electron chi connectivity index (χ2n) is 5.72. The van der Waals surface area contributed by atoms with Crippen LogP contribution < -0.4 is 5.32 Å². The highest BCUT2D eigenvalue weighted by atomic mass is 16.1. The number of nitrogens with zero attached hydrogens (tertiary/aromatic N) is 1. The minimum Gasteiger partial charge on any atom is -0.350 e. The van der Waals surface area contributed by atoms with Gasteiger partial charge in [-0.2, -0.15) is 0 Å². The van der Waals surface area contributed by atoms with Gasteiger partial charge in [0.05, 0.1) is 6.04 Å². The minimum absolute atomic E-state index is 0.0116. The molecule has 1 amide bonds. The van der Waals surface area contributed by atoms with E-state index in [0.717, 1.165) is 11.1 Å². The van der Waals surface area contributed by atoms with Crippen molar-refractivity contribution in [1.82, 2.24) is 10.3 Å².